The van der Waals surface area contributed by atoms with Crippen LogP contribution in [-0.4, -0.2) is 46.2 Å². The second kappa shape index (κ2) is 8.69. The fourth-order valence-corrected chi connectivity index (χ4v) is 5.05. The lowest BCUT2D eigenvalue weighted by Gasteiger charge is -2.27. The first kappa shape index (κ1) is 22.6. The van der Waals surface area contributed by atoms with Gasteiger partial charge in [-0.15, -0.1) is 0 Å². The van der Waals surface area contributed by atoms with Crippen molar-refractivity contribution in [1.29, 1.82) is 0 Å². The molecule has 2 fully saturated rings. The Morgan fingerprint density at radius 3 is 2.47 bits per heavy atom. The first-order chi connectivity index (χ1) is 17.4. The second-order valence-corrected chi connectivity index (χ2v) is 9.72. The zero-order valence-corrected chi connectivity index (χ0v) is 20.4. The van der Waals surface area contributed by atoms with Gasteiger partial charge in [0.15, 0.2) is 11.5 Å². The van der Waals surface area contributed by atoms with Gasteiger partial charge in [-0.1, -0.05) is 0 Å². The molecule has 1 amide bonds. The van der Waals surface area contributed by atoms with Crippen LogP contribution in [0.15, 0.2) is 47.5 Å². The van der Waals surface area contributed by atoms with Gasteiger partial charge in [0.2, 0.25) is 0 Å². The SMILES string of the molecule is COc1cc2c(C(=O)N3CCCCC3)cn(-c3cc(F)c4ccn(C)c4c3)c(=O)c2cc1OC1CC1. The van der Waals surface area contributed by atoms with E-state index in [2.05, 4.69) is 0 Å². The third-order valence-electron chi connectivity index (χ3n) is 7.21. The van der Waals surface area contributed by atoms with Crippen molar-refractivity contribution in [2.24, 2.45) is 7.05 Å². The van der Waals surface area contributed by atoms with Crippen LogP contribution < -0.4 is 15.0 Å². The molecule has 2 aromatic heterocycles. The Morgan fingerprint density at radius 1 is 1.00 bits per heavy atom. The van der Waals surface area contributed by atoms with Gasteiger partial charge in [0, 0.05) is 43.3 Å². The molecule has 2 aliphatic rings. The Bertz CT molecular complexity index is 1560. The lowest BCUT2D eigenvalue weighted by molar-refractivity contribution is 0.0725. The smallest absolute Gasteiger partial charge is 0.263 e. The monoisotopic (exact) mass is 489 g/mol. The van der Waals surface area contributed by atoms with Crippen LogP contribution in [-0.2, 0) is 7.05 Å². The minimum Gasteiger partial charge on any atom is -0.493 e. The summed E-state index contributed by atoms with van der Waals surface area (Å²) in [6.07, 6.45) is 8.32. The molecule has 2 aromatic carbocycles. The molecule has 7 nitrogen and oxygen atoms in total. The zero-order valence-electron chi connectivity index (χ0n) is 20.4. The quantitative estimate of drug-likeness (QED) is 0.404. The van der Waals surface area contributed by atoms with Crippen molar-refractivity contribution in [3.05, 3.63) is 64.5 Å². The molecule has 0 atom stereocenters. The summed E-state index contributed by atoms with van der Waals surface area (Å²) >= 11 is 0. The summed E-state index contributed by atoms with van der Waals surface area (Å²) < 4.78 is 29.8. The van der Waals surface area contributed by atoms with E-state index < -0.39 is 5.82 Å². The van der Waals surface area contributed by atoms with Gasteiger partial charge in [0.25, 0.3) is 11.5 Å². The number of amides is 1. The highest BCUT2D eigenvalue weighted by Gasteiger charge is 2.28. The van der Waals surface area contributed by atoms with E-state index in [1.165, 1.54) is 10.6 Å². The molecule has 186 valence electrons. The fraction of sp³-hybridized carbons (Fsp3) is 0.357. The van der Waals surface area contributed by atoms with Gasteiger partial charge >= 0.3 is 0 Å². The molecule has 0 N–H and O–H groups in total. The Balaban J connectivity index is 1.60. The van der Waals surface area contributed by atoms with Gasteiger partial charge < -0.3 is 18.9 Å². The number of methoxy groups -OCH3 is 1. The average molecular weight is 490 g/mol. The van der Waals surface area contributed by atoms with Crippen molar-refractivity contribution in [2.45, 2.75) is 38.2 Å². The topological polar surface area (TPSA) is 65.7 Å². The van der Waals surface area contributed by atoms with E-state index in [1.54, 1.807) is 48.3 Å². The van der Waals surface area contributed by atoms with Crippen molar-refractivity contribution in [3.63, 3.8) is 0 Å². The molecule has 1 aliphatic carbocycles. The Morgan fingerprint density at radius 2 is 1.75 bits per heavy atom. The number of carbonyl (C=O) groups excluding carboxylic acids is 1. The molecule has 0 bridgehead atoms. The van der Waals surface area contributed by atoms with Crippen molar-refractivity contribution in [1.82, 2.24) is 14.0 Å². The molecule has 1 saturated carbocycles. The maximum absolute atomic E-state index is 15.0. The summed E-state index contributed by atoms with van der Waals surface area (Å²) in [5.41, 5.74) is 1.06. The molecule has 1 saturated heterocycles. The summed E-state index contributed by atoms with van der Waals surface area (Å²) in [5, 5.41) is 1.32. The number of aryl methyl sites for hydroxylation is 1. The standard InChI is InChI=1S/C28H28FN3O4/c1-30-11-8-19-23(29)12-17(13-24(19)30)32-16-22(27(33)31-9-4-3-5-10-31)20-14-25(35-2)26(36-18-6-7-18)15-21(20)28(32)34/h8,11-16,18H,3-7,9-10H2,1-2H3. The van der Waals surface area contributed by atoms with Gasteiger partial charge in [0.1, 0.15) is 5.82 Å². The molecule has 0 unspecified atom stereocenters. The number of nitrogens with zero attached hydrogens (tertiary/aromatic N) is 3. The Hall–Kier alpha value is -3.81. The van der Waals surface area contributed by atoms with Crippen molar-refractivity contribution in [3.8, 4) is 17.2 Å². The highest BCUT2D eigenvalue weighted by atomic mass is 19.1. The van der Waals surface area contributed by atoms with Crippen LogP contribution in [0.25, 0.3) is 27.4 Å². The largest absolute Gasteiger partial charge is 0.493 e. The molecule has 8 heteroatoms. The van der Waals surface area contributed by atoms with Crippen molar-refractivity contribution < 1.29 is 18.7 Å². The van der Waals surface area contributed by atoms with E-state index in [-0.39, 0.29) is 17.6 Å². The maximum Gasteiger partial charge on any atom is 0.263 e. The van der Waals surface area contributed by atoms with E-state index in [0.717, 1.165) is 32.1 Å². The lowest BCUT2D eigenvalue weighted by atomic mass is 10.0. The summed E-state index contributed by atoms with van der Waals surface area (Å²) in [6, 6.07) is 8.20. The summed E-state index contributed by atoms with van der Waals surface area (Å²) in [7, 11) is 3.37. The molecule has 4 aromatic rings. The summed E-state index contributed by atoms with van der Waals surface area (Å²) in [4.78, 5) is 29.4. The van der Waals surface area contributed by atoms with Gasteiger partial charge in [0.05, 0.1) is 35.4 Å². The van der Waals surface area contributed by atoms with E-state index >= 15 is 4.39 Å². The van der Waals surface area contributed by atoms with Crippen LogP contribution >= 0.6 is 0 Å². The van der Waals surface area contributed by atoms with E-state index in [1.807, 2.05) is 11.9 Å². The number of fused-ring (bicyclic) bond motifs is 2. The van der Waals surface area contributed by atoms with E-state index in [4.69, 9.17) is 9.47 Å². The van der Waals surface area contributed by atoms with Crippen LogP contribution in [0.1, 0.15) is 42.5 Å². The minimum absolute atomic E-state index is 0.102. The number of piperidine rings is 1. The first-order valence-corrected chi connectivity index (χ1v) is 12.4. The van der Waals surface area contributed by atoms with Crippen LogP contribution in [0.5, 0.6) is 11.5 Å². The number of hydrogen-bond acceptors (Lipinski definition) is 4. The molecule has 6 rings (SSSR count). The number of benzene rings is 2. The first-order valence-electron chi connectivity index (χ1n) is 12.4. The Labute approximate surface area is 207 Å². The zero-order chi connectivity index (χ0) is 25.0. The number of halogens is 1. The lowest BCUT2D eigenvalue weighted by Crippen LogP contribution is -2.36. The van der Waals surface area contributed by atoms with Crippen molar-refractivity contribution in [2.75, 3.05) is 20.2 Å². The van der Waals surface area contributed by atoms with Crippen molar-refractivity contribution >= 4 is 27.6 Å². The molecule has 0 spiro atoms. The predicted molar refractivity (Wildman–Crippen MR) is 136 cm³/mol. The summed E-state index contributed by atoms with van der Waals surface area (Å²) in [6.45, 7) is 1.34. The Kier molecular flexibility index (Phi) is 5.47. The normalized spacial score (nSPS) is 16.0. The van der Waals surface area contributed by atoms with Crippen LogP contribution in [0.3, 0.4) is 0 Å². The molecular weight excluding hydrogens is 461 g/mol. The molecule has 0 radical (unpaired) electrons. The molecular formula is C28H28FN3O4. The third-order valence-corrected chi connectivity index (χ3v) is 7.21. The maximum atomic E-state index is 15.0. The van der Waals surface area contributed by atoms with Crippen LogP contribution in [0.2, 0.25) is 0 Å². The average Bonchev–Trinajstić information content (AvgIpc) is 3.64. The number of carbonyl (C=O) groups is 1. The highest BCUT2D eigenvalue weighted by Crippen LogP contribution is 2.37. The van der Waals surface area contributed by atoms with E-state index in [9.17, 15) is 9.59 Å². The predicted octanol–water partition coefficient (Wildman–Crippen LogP) is 4.80. The number of hydrogen-bond donors (Lipinski definition) is 0. The highest BCUT2D eigenvalue weighted by molar-refractivity contribution is 6.07. The van der Waals surface area contributed by atoms with Gasteiger partial charge in [-0.25, -0.2) is 4.39 Å². The van der Waals surface area contributed by atoms with Crippen LogP contribution in [0.4, 0.5) is 4.39 Å². The minimum atomic E-state index is -0.425. The number of likely N-dealkylation sites (tertiary alicyclic amines) is 1. The number of aromatic nitrogens is 2. The van der Waals surface area contributed by atoms with Gasteiger partial charge in [-0.05, 0) is 62.4 Å². The summed E-state index contributed by atoms with van der Waals surface area (Å²) in [5.74, 6) is 0.386. The third kappa shape index (κ3) is 3.81. The van der Waals surface area contributed by atoms with Gasteiger partial charge in [-0.3, -0.25) is 14.2 Å². The molecule has 36 heavy (non-hydrogen) atoms. The van der Waals surface area contributed by atoms with Crippen LogP contribution in [0, 0.1) is 5.82 Å². The number of ether oxygens (including phenoxy) is 2. The number of rotatable bonds is 5. The van der Waals surface area contributed by atoms with E-state index in [0.29, 0.717) is 57.5 Å². The molecule has 3 heterocycles. The molecule has 1 aliphatic heterocycles. The van der Waals surface area contributed by atoms with Gasteiger partial charge in [-0.2, -0.15) is 0 Å². The number of pyridine rings is 1. The second-order valence-electron chi connectivity index (χ2n) is 9.72. The fourth-order valence-electron chi connectivity index (χ4n) is 5.05.